The van der Waals surface area contributed by atoms with Crippen molar-refractivity contribution in [2.75, 3.05) is 13.1 Å². The standard InChI is InChI=1S/C10H10Cl2N2O/c11-8-5-9(12)13-6-7(8)10(15)14-3-1-2-4-14/h5-6H,1-4H2. The Morgan fingerprint density at radius 1 is 1.33 bits per heavy atom. The maximum atomic E-state index is 11.9. The molecule has 0 N–H and O–H groups in total. The Hall–Kier alpha value is -0.800. The number of hydrogen-bond acceptors (Lipinski definition) is 2. The largest absolute Gasteiger partial charge is 0.339 e. The molecule has 0 unspecified atom stereocenters. The number of carbonyl (C=O) groups is 1. The summed E-state index contributed by atoms with van der Waals surface area (Å²) in [6.07, 6.45) is 3.56. The van der Waals surface area contributed by atoms with Crippen LogP contribution in [0, 0.1) is 0 Å². The summed E-state index contributed by atoms with van der Waals surface area (Å²) in [4.78, 5) is 17.6. The monoisotopic (exact) mass is 244 g/mol. The van der Waals surface area contributed by atoms with E-state index in [-0.39, 0.29) is 5.91 Å². The lowest BCUT2D eigenvalue weighted by Gasteiger charge is -2.15. The van der Waals surface area contributed by atoms with Crippen molar-refractivity contribution < 1.29 is 4.79 Å². The zero-order valence-electron chi connectivity index (χ0n) is 8.04. The number of halogens is 2. The highest BCUT2D eigenvalue weighted by atomic mass is 35.5. The van der Waals surface area contributed by atoms with Gasteiger partial charge in [-0.1, -0.05) is 23.2 Å². The maximum absolute atomic E-state index is 11.9. The summed E-state index contributed by atoms with van der Waals surface area (Å²) in [6, 6.07) is 1.49. The molecule has 0 bridgehead atoms. The minimum absolute atomic E-state index is 0.0540. The second-order valence-electron chi connectivity index (χ2n) is 3.49. The van der Waals surface area contributed by atoms with E-state index in [1.54, 1.807) is 4.90 Å². The first-order valence-electron chi connectivity index (χ1n) is 4.79. The molecule has 0 aromatic carbocycles. The van der Waals surface area contributed by atoms with Crippen LogP contribution in [0.25, 0.3) is 0 Å². The van der Waals surface area contributed by atoms with E-state index < -0.39 is 0 Å². The number of aromatic nitrogens is 1. The summed E-state index contributed by atoms with van der Waals surface area (Å²) in [6.45, 7) is 1.61. The van der Waals surface area contributed by atoms with Crippen molar-refractivity contribution in [3.63, 3.8) is 0 Å². The van der Waals surface area contributed by atoms with Crippen molar-refractivity contribution in [1.82, 2.24) is 9.88 Å². The van der Waals surface area contributed by atoms with Crippen LogP contribution in [-0.4, -0.2) is 28.9 Å². The molecule has 1 aromatic heterocycles. The summed E-state index contributed by atoms with van der Waals surface area (Å²) < 4.78 is 0. The fraction of sp³-hybridized carbons (Fsp3) is 0.400. The third kappa shape index (κ3) is 2.24. The second kappa shape index (κ2) is 4.37. The van der Waals surface area contributed by atoms with Gasteiger partial charge in [0.2, 0.25) is 0 Å². The molecule has 1 fully saturated rings. The molecule has 0 atom stereocenters. The minimum Gasteiger partial charge on any atom is -0.339 e. The van der Waals surface area contributed by atoms with Crippen LogP contribution in [0.1, 0.15) is 23.2 Å². The lowest BCUT2D eigenvalue weighted by Crippen LogP contribution is -2.27. The molecule has 0 aliphatic carbocycles. The third-order valence-electron chi connectivity index (χ3n) is 2.44. The first-order valence-corrected chi connectivity index (χ1v) is 5.54. The van der Waals surface area contributed by atoms with Crippen LogP contribution in [0.3, 0.4) is 0 Å². The Bertz CT molecular complexity index is 389. The summed E-state index contributed by atoms with van der Waals surface area (Å²) in [5.74, 6) is -0.0540. The number of likely N-dealkylation sites (tertiary alicyclic amines) is 1. The van der Waals surface area contributed by atoms with E-state index in [1.165, 1.54) is 12.3 Å². The van der Waals surface area contributed by atoms with Crippen LogP contribution >= 0.6 is 23.2 Å². The number of carbonyl (C=O) groups excluding carboxylic acids is 1. The SMILES string of the molecule is O=C(c1cnc(Cl)cc1Cl)N1CCCC1. The summed E-state index contributed by atoms with van der Waals surface area (Å²) in [5, 5.41) is 0.671. The van der Waals surface area contributed by atoms with Gasteiger partial charge in [0.05, 0.1) is 10.6 Å². The van der Waals surface area contributed by atoms with Crippen LogP contribution in [0.5, 0.6) is 0 Å². The smallest absolute Gasteiger partial charge is 0.256 e. The van der Waals surface area contributed by atoms with Gasteiger partial charge in [0.25, 0.3) is 5.91 Å². The van der Waals surface area contributed by atoms with Gasteiger partial charge < -0.3 is 4.90 Å². The number of hydrogen-bond donors (Lipinski definition) is 0. The Kier molecular flexibility index (Phi) is 3.12. The summed E-state index contributed by atoms with van der Waals surface area (Å²) in [5.41, 5.74) is 0.433. The predicted molar refractivity (Wildman–Crippen MR) is 59.4 cm³/mol. The van der Waals surface area contributed by atoms with Crippen molar-refractivity contribution in [1.29, 1.82) is 0 Å². The predicted octanol–water partition coefficient (Wildman–Crippen LogP) is 2.62. The van der Waals surface area contributed by atoms with E-state index in [2.05, 4.69) is 4.98 Å². The molecule has 15 heavy (non-hydrogen) atoms. The molecule has 1 saturated heterocycles. The lowest BCUT2D eigenvalue weighted by molar-refractivity contribution is 0.0792. The van der Waals surface area contributed by atoms with Gasteiger partial charge in [-0.3, -0.25) is 4.79 Å². The first-order chi connectivity index (χ1) is 7.18. The van der Waals surface area contributed by atoms with Gasteiger partial charge in [-0.15, -0.1) is 0 Å². The molecule has 0 spiro atoms. The highest BCUT2D eigenvalue weighted by molar-refractivity contribution is 6.36. The van der Waals surface area contributed by atoms with Gasteiger partial charge in [0.1, 0.15) is 5.15 Å². The van der Waals surface area contributed by atoms with E-state index in [4.69, 9.17) is 23.2 Å². The molecule has 80 valence electrons. The van der Waals surface area contributed by atoms with Crippen LogP contribution < -0.4 is 0 Å². The normalized spacial score (nSPS) is 15.7. The first kappa shape index (κ1) is 10.7. The summed E-state index contributed by atoms with van der Waals surface area (Å²) >= 11 is 11.6. The van der Waals surface area contributed by atoms with Crippen molar-refractivity contribution >= 4 is 29.1 Å². The Morgan fingerprint density at radius 2 is 2.00 bits per heavy atom. The minimum atomic E-state index is -0.0540. The van der Waals surface area contributed by atoms with E-state index in [0.29, 0.717) is 15.7 Å². The number of rotatable bonds is 1. The molecule has 2 rings (SSSR count). The quantitative estimate of drug-likeness (QED) is 0.712. The van der Waals surface area contributed by atoms with Gasteiger partial charge >= 0.3 is 0 Å². The van der Waals surface area contributed by atoms with Gasteiger partial charge in [-0.2, -0.15) is 0 Å². The molecule has 0 saturated carbocycles. The average Bonchev–Trinajstić information content (AvgIpc) is 2.69. The fourth-order valence-corrected chi connectivity index (χ4v) is 2.10. The highest BCUT2D eigenvalue weighted by Gasteiger charge is 2.21. The average molecular weight is 245 g/mol. The van der Waals surface area contributed by atoms with Gasteiger partial charge in [-0.25, -0.2) is 4.98 Å². The van der Waals surface area contributed by atoms with Crippen molar-refractivity contribution in [3.8, 4) is 0 Å². The third-order valence-corrected chi connectivity index (χ3v) is 2.96. The molecule has 1 amide bonds. The molecular weight excluding hydrogens is 235 g/mol. The number of pyridine rings is 1. The molecule has 1 aliphatic rings. The van der Waals surface area contributed by atoms with Crippen molar-refractivity contribution in [3.05, 3.63) is 28.0 Å². The fourth-order valence-electron chi connectivity index (χ4n) is 1.66. The van der Waals surface area contributed by atoms with Crippen LogP contribution in [0.4, 0.5) is 0 Å². The molecule has 5 heteroatoms. The van der Waals surface area contributed by atoms with Crippen molar-refractivity contribution in [2.45, 2.75) is 12.8 Å². The Labute approximate surface area is 98.0 Å². The van der Waals surface area contributed by atoms with E-state index in [0.717, 1.165) is 25.9 Å². The molecule has 0 radical (unpaired) electrons. The second-order valence-corrected chi connectivity index (χ2v) is 4.28. The molecule has 1 aromatic rings. The maximum Gasteiger partial charge on any atom is 0.256 e. The van der Waals surface area contributed by atoms with Crippen LogP contribution in [0.2, 0.25) is 10.2 Å². The highest BCUT2D eigenvalue weighted by Crippen LogP contribution is 2.21. The lowest BCUT2D eigenvalue weighted by atomic mass is 10.2. The zero-order chi connectivity index (χ0) is 10.8. The van der Waals surface area contributed by atoms with Gasteiger partial charge in [-0.05, 0) is 18.9 Å². The molecule has 1 aliphatic heterocycles. The molecular formula is C10H10Cl2N2O. The van der Waals surface area contributed by atoms with Gasteiger partial charge in [0.15, 0.2) is 0 Å². The topological polar surface area (TPSA) is 33.2 Å². The van der Waals surface area contributed by atoms with Crippen LogP contribution in [0.15, 0.2) is 12.3 Å². The zero-order valence-corrected chi connectivity index (χ0v) is 9.55. The summed E-state index contributed by atoms with van der Waals surface area (Å²) in [7, 11) is 0. The van der Waals surface area contributed by atoms with E-state index >= 15 is 0 Å². The Morgan fingerprint density at radius 3 is 2.60 bits per heavy atom. The molecule has 3 nitrogen and oxygen atoms in total. The van der Waals surface area contributed by atoms with Crippen molar-refractivity contribution in [2.24, 2.45) is 0 Å². The Balaban J connectivity index is 2.24. The number of nitrogens with zero attached hydrogens (tertiary/aromatic N) is 2. The number of amides is 1. The van der Waals surface area contributed by atoms with Gasteiger partial charge in [0, 0.05) is 19.3 Å². The van der Waals surface area contributed by atoms with E-state index in [1.807, 2.05) is 0 Å². The van der Waals surface area contributed by atoms with Crippen LogP contribution in [-0.2, 0) is 0 Å². The molecule has 2 heterocycles. The van der Waals surface area contributed by atoms with E-state index in [9.17, 15) is 4.79 Å².